The molecule has 1 heterocycles. The van der Waals surface area contributed by atoms with Crippen LogP contribution in [0.3, 0.4) is 0 Å². The zero-order valence-electron chi connectivity index (χ0n) is 6.71. The third-order valence-corrected chi connectivity index (χ3v) is 2.82. The highest BCUT2D eigenvalue weighted by Crippen LogP contribution is 2.18. The molecule has 1 rings (SSSR count). The minimum Gasteiger partial charge on any atom is -0.298 e. The highest BCUT2D eigenvalue weighted by atomic mass is 35.5. The molecular weight excluding hydrogens is 192 g/mol. The Kier molecular flexibility index (Phi) is 3.50. The lowest BCUT2D eigenvalue weighted by molar-refractivity contribution is -0.104. The molecule has 1 aromatic rings. The number of carbonyl (C=O) groups excluding carboxylic acids is 1. The van der Waals surface area contributed by atoms with Crippen molar-refractivity contribution in [2.24, 2.45) is 0 Å². The van der Waals surface area contributed by atoms with Gasteiger partial charge >= 0.3 is 0 Å². The monoisotopic (exact) mass is 200 g/mol. The number of halogens is 1. The van der Waals surface area contributed by atoms with E-state index in [4.69, 9.17) is 11.6 Å². The first-order chi connectivity index (χ1) is 5.74. The zero-order chi connectivity index (χ0) is 8.97. The van der Waals surface area contributed by atoms with Gasteiger partial charge in [0.25, 0.3) is 0 Å². The molecule has 0 aromatic carbocycles. The Labute approximate surface area is 80.7 Å². The predicted molar refractivity (Wildman–Crippen MR) is 52.6 cm³/mol. The normalized spacial score (nSPS) is 12.5. The maximum Gasteiger partial charge on any atom is 0.146 e. The average Bonchev–Trinajstić information content (AvgIpc) is 2.55. The van der Waals surface area contributed by atoms with Gasteiger partial charge in [-0.2, -0.15) is 0 Å². The second-order valence-electron chi connectivity index (χ2n) is 2.46. The van der Waals surface area contributed by atoms with E-state index >= 15 is 0 Å². The van der Waals surface area contributed by atoms with Gasteiger partial charge in [-0.25, -0.2) is 0 Å². The first kappa shape index (κ1) is 9.49. The topological polar surface area (TPSA) is 17.1 Å². The van der Waals surface area contributed by atoms with Gasteiger partial charge in [0.15, 0.2) is 0 Å². The molecule has 0 saturated heterocycles. The van der Waals surface area contributed by atoms with Crippen molar-refractivity contribution in [2.45, 2.75) is 13.3 Å². The van der Waals surface area contributed by atoms with Crippen LogP contribution in [-0.2, 0) is 11.2 Å². The van der Waals surface area contributed by atoms with E-state index in [-0.39, 0.29) is 0 Å². The Morgan fingerprint density at radius 2 is 2.50 bits per heavy atom. The molecule has 0 atom stereocenters. The lowest BCUT2D eigenvalue weighted by atomic mass is 10.2. The summed E-state index contributed by atoms with van der Waals surface area (Å²) in [6.45, 7) is 1.73. The minimum atomic E-state index is 0.616. The molecule has 0 spiro atoms. The zero-order valence-corrected chi connectivity index (χ0v) is 8.28. The summed E-state index contributed by atoms with van der Waals surface area (Å²) in [5.41, 5.74) is 0.616. The van der Waals surface area contributed by atoms with Gasteiger partial charge in [-0.1, -0.05) is 17.7 Å². The fourth-order valence-electron chi connectivity index (χ4n) is 0.769. The summed E-state index contributed by atoms with van der Waals surface area (Å²) in [4.78, 5) is 11.5. The van der Waals surface area contributed by atoms with E-state index in [1.54, 1.807) is 18.3 Å². The molecule has 0 bridgehead atoms. The maximum atomic E-state index is 10.3. The summed E-state index contributed by atoms with van der Waals surface area (Å²) in [7, 11) is 0. The molecular formula is C9H9ClOS. The summed E-state index contributed by atoms with van der Waals surface area (Å²) >= 11 is 7.52. The summed E-state index contributed by atoms with van der Waals surface area (Å²) < 4.78 is 0. The molecule has 0 fully saturated rings. The number of thiophene rings is 1. The van der Waals surface area contributed by atoms with Crippen LogP contribution >= 0.6 is 22.9 Å². The van der Waals surface area contributed by atoms with Crippen LogP contribution in [0.1, 0.15) is 11.8 Å². The van der Waals surface area contributed by atoms with Crippen molar-refractivity contribution < 1.29 is 4.79 Å². The quantitative estimate of drug-likeness (QED) is 0.542. The molecule has 0 N–H and O–H groups in total. The van der Waals surface area contributed by atoms with Gasteiger partial charge in [0.1, 0.15) is 6.29 Å². The Bertz CT molecular complexity index is 287. The molecule has 0 saturated carbocycles. The summed E-state index contributed by atoms with van der Waals surface area (Å²) in [5.74, 6) is 0. The lowest BCUT2D eigenvalue weighted by Gasteiger charge is -1.96. The van der Waals surface area contributed by atoms with Crippen LogP contribution < -0.4 is 0 Å². The second-order valence-corrected chi connectivity index (χ2v) is 3.95. The van der Waals surface area contributed by atoms with Crippen molar-refractivity contribution in [2.75, 3.05) is 0 Å². The van der Waals surface area contributed by atoms with Crippen LogP contribution in [0.4, 0.5) is 0 Å². The van der Waals surface area contributed by atoms with Gasteiger partial charge in [0.05, 0.1) is 0 Å². The summed E-state index contributed by atoms with van der Waals surface area (Å²) in [6, 6.07) is 3.98. The standard InChI is InChI=1S/C9H9ClOS/c1-7(6-11)9(10)5-8-3-2-4-12-8/h2-4,6H,5H2,1H3/b9-7-. The van der Waals surface area contributed by atoms with Gasteiger partial charge in [-0.05, 0) is 18.4 Å². The highest BCUT2D eigenvalue weighted by molar-refractivity contribution is 7.09. The van der Waals surface area contributed by atoms with Crippen molar-refractivity contribution in [1.29, 1.82) is 0 Å². The van der Waals surface area contributed by atoms with Gasteiger partial charge in [-0.3, -0.25) is 4.79 Å². The van der Waals surface area contributed by atoms with E-state index in [9.17, 15) is 4.79 Å². The minimum absolute atomic E-state index is 0.616. The highest BCUT2D eigenvalue weighted by Gasteiger charge is 2.00. The number of allylic oxidation sites excluding steroid dienone is 2. The Balaban J connectivity index is 2.70. The van der Waals surface area contributed by atoms with Crippen LogP contribution in [0.2, 0.25) is 0 Å². The number of aldehydes is 1. The van der Waals surface area contributed by atoms with E-state index < -0.39 is 0 Å². The molecule has 1 aromatic heterocycles. The Morgan fingerprint density at radius 3 is 3.00 bits per heavy atom. The Morgan fingerprint density at radius 1 is 1.75 bits per heavy atom. The summed E-state index contributed by atoms with van der Waals surface area (Å²) in [6.07, 6.45) is 1.46. The van der Waals surface area contributed by atoms with Gasteiger partial charge in [0.2, 0.25) is 0 Å². The van der Waals surface area contributed by atoms with Crippen molar-refractivity contribution in [3.8, 4) is 0 Å². The third-order valence-electron chi connectivity index (χ3n) is 1.51. The molecule has 0 aliphatic carbocycles. The third kappa shape index (κ3) is 2.47. The molecule has 0 aliphatic heterocycles. The van der Waals surface area contributed by atoms with Gasteiger partial charge in [0, 0.05) is 21.9 Å². The number of rotatable bonds is 3. The van der Waals surface area contributed by atoms with Gasteiger partial charge in [-0.15, -0.1) is 11.3 Å². The first-order valence-corrected chi connectivity index (χ1v) is 4.82. The molecule has 0 radical (unpaired) electrons. The van der Waals surface area contributed by atoms with E-state index in [1.807, 2.05) is 17.5 Å². The van der Waals surface area contributed by atoms with Gasteiger partial charge < -0.3 is 0 Å². The van der Waals surface area contributed by atoms with E-state index in [0.29, 0.717) is 17.0 Å². The summed E-state index contributed by atoms with van der Waals surface area (Å²) in [5, 5.41) is 2.63. The molecule has 12 heavy (non-hydrogen) atoms. The molecule has 3 heteroatoms. The lowest BCUT2D eigenvalue weighted by Crippen LogP contribution is -1.86. The fourth-order valence-corrected chi connectivity index (χ4v) is 1.75. The number of carbonyl (C=O) groups is 1. The van der Waals surface area contributed by atoms with E-state index in [0.717, 1.165) is 6.29 Å². The smallest absolute Gasteiger partial charge is 0.146 e. The van der Waals surface area contributed by atoms with Crippen molar-refractivity contribution >= 4 is 29.2 Å². The second kappa shape index (κ2) is 4.43. The Hall–Kier alpha value is -0.600. The van der Waals surface area contributed by atoms with Crippen LogP contribution in [0.5, 0.6) is 0 Å². The van der Waals surface area contributed by atoms with Crippen LogP contribution in [0.15, 0.2) is 28.1 Å². The largest absolute Gasteiger partial charge is 0.298 e. The SMILES string of the molecule is C/C(C=O)=C(/Cl)Cc1cccs1. The molecule has 64 valence electrons. The van der Waals surface area contributed by atoms with E-state index in [2.05, 4.69) is 0 Å². The average molecular weight is 201 g/mol. The maximum absolute atomic E-state index is 10.3. The molecule has 0 amide bonds. The van der Waals surface area contributed by atoms with Crippen molar-refractivity contribution in [3.05, 3.63) is 33.0 Å². The van der Waals surface area contributed by atoms with Crippen molar-refractivity contribution in [3.63, 3.8) is 0 Å². The van der Waals surface area contributed by atoms with Crippen molar-refractivity contribution in [1.82, 2.24) is 0 Å². The first-order valence-electron chi connectivity index (χ1n) is 3.57. The fraction of sp³-hybridized carbons (Fsp3) is 0.222. The number of hydrogen-bond acceptors (Lipinski definition) is 2. The van der Waals surface area contributed by atoms with Crippen LogP contribution in [0, 0.1) is 0 Å². The van der Waals surface area contributed by atoms with E-state index in [1.165, 1.54) is 4.88 Å². The number of hydrogen-bond donors (Lipinski definition) is 0. The molecule has 0 unspecified atom stereocenters. The predicted octanol–water partition coefficient (Wildman–Crippen LogP) is 3.00. The van der Waals surface area contributed by atoms with Crippen LogP contribution in [0.25, 0.3) is 0 Å². The molecule has 1 nitrogen and oxygen atoms in total. The van der Waals surface area contributed by atoms with Crippen LogP contribution in [-0.4, -0.2) is 6.29 Å². The molecule has 0 aliphatic rings.